The van der Waals surface area contributed by atoms with Crippen LogP contribution in [0.15, 0.2) is 36.4 Å². The van der Waals surface area contributed by atoms with Gasteiger partial charge >= 0.3 is 0 Å². The fourth-order valence-corrected chi connectivity index (χ4v) is 4.14. The Labute approximate surface area is 197 Å². The van der Waals surface area contributed by atoms with Crippen LogP contribution >= 0.6 is 0 Å². The molecule has 0 spiro atoms. The Morgan fingerprint density at radius 1 is 0.788 bits per heavy atom. The van der Waals surface area contributed by atoms with Crippen LogP contribution in [0.3, 0.4) is 0 Å². The third-order valence-electron chi connectivity index (χ3n) is 6.25. The molecule has 0 aliphatic carbocycles. The second-order valence-electron chi connectivity index (χ2n) is 8.94. The van der Waals surface area contributed by atoms with Crippen molar-refractivity contribution in [1.82, 2.24) is 0 Å². The van der Waals surface area contributed by atoms with E-state index < -0.39 is 17.9 Å². The molecule has 1 aliphatic rings. The molecule has 0 unspecified atom stereocenters. The van der Waals surface area contributed by atoms with E-state index in [1.54, 1.807) is 0 Å². The molecule has 0 saturated carbocycles. The predicted molar refractivity (Wildman–Crippen MR) is 128 cm³/mol. The van der Waals surface area contributed by atoms with Gasteiger partial charge in [-0.15, -0.1) is 0 Å². The highest BCUT2D eigenvalue weighted by molar-refractivity contribution is 5.32. The van der Waals surface area contributed by atoms with Gasteiger partial charge in [-0.1, -0.05) is 76.6 Å². The van der Waals surface area contributed by atoms with E-state index in [1.165, 1.54) is 49.8 Å². The van der Waals surface area contributed by atoms with E-state index in [1.807, 2.05) is 0 Å². The zero-order valence-corrected chi connectivity index (χ0v) is 20.1. The molecule has 1 saturated heterocycles. The lowest BCUT2D eigenvalue weighted by Crippen LogP contribution is -2.26. The van der Waals surface area contributed by atoms with Crippen LogP contribution in [0.25, 0.3) is 0 Å². The Morgan fingerprint density at radius 2 is 1.45 bits per heavy atom. The molecule has 2 aromatic carbocycles. The van der Waals surface area contributed by atoms with E-state index in [0.29, 0.717) is 19.8 Å². The molecule has 1 heterocycles. The molecule has 0 radical (unpaired) electrons. The van der Waals surface area contributed by atoms with Gasteiger partial charge in [0.05, 0.1) is 19.8 Å². The molecule has 0 amide bonds. The standard InChI is InChI=1S/C28H38F2O3/c1-3-5-7-8-10-18-31-25-17-16-24(26(29)27(25)30)28-32-19-23(20-33-28)22-14-12-21(13-15-22)11-9-6-4-2/h12-17,23,28H,3-11,18-20H2,1-2H3. The topological polar surface area (TPSA) is 27.7 Å². The fraction of sp³-hybridized carbons (Fsp3) is 0.571. The van der Waals surface area contributed by atoms with E-state index in [9.17, 15) is 8.78 Å². The fourth-order valence-electron chi connectivity index (χ4n) is 4.14. The van der Waals surface area contributed by atoms with Crippen molar-refractivity contribution in [2.24, 2.45) is 0 Å². The number of rotatable bonds is 13. The van der Waals surface area contributed by atoms with Crippen molar-refractivity contribution >= 4 is 0 Å². The quantitative estimate of drug-likeness (QED) is 0.285. The van der Waals surface area contributed by atoms with Crippen molar-refractivity contribution in [3.63, 3.8) is 0 Å². The second-order valence-corrected chi connectivity index (χ2v) is 8.94. The van der Waals surface area contributed by atoms with Crippen LogP contribution in [-0.2, 0) is 15.9 Å². The Hall–Kier alpha value is -1.98. The molecule has 0 atom stereocenters. The van der Waals surface area contributed by atoms with E-state index in [2.05, 4.69) is 38.1 Å². The zero-order chi connectivity index (χ0) is 23.5. The lowest BCUT2D eigenvalue weighted by Gasteiger charge is -2.30. The van der Waals surface area contributed by atoms with Gasteiger partial charge < -0.3 is 14.2 Å². The molecule has 5 heteroatoms. The smallest absolute Gasteiger partial charge is 0.201 e. The molecule has 0 bridgehead atoms. The average molecular weight is 461 g/mol. The summed E-state index contributed by atoms with van der Waals surface area (Å²) in [7, 11) is 0. The predicted octanol–water partition coefficient (Wildman–Crippen LogP) is 7.88. The van der Waals surface area contributed by atoms with Gasteiger partial charge in [-0.2, -0.15) is 4.39 Å². The van der Waals surface area contributed by atoms with Crippen molar-refractivity contribution in [2.45, 2.75) is 83.8 Å². The lowest BCUT2D eigenvalue weighted by atomic mass is 9.97. The summed E-state index contributed by atoms with van der Waals surface area (Å²) < 4.78 is 46.3. The second kappa shape index (κ2) is 13.7. The molecule has 33 heavy (non-hydrogen) atoms. The van der Waals surface area contributed by atoms with Gasteiger partial charge in [0.1, 0.15) is 0 Å². The highest BCUT2D eigenvalue weighted by Crippen LogP contribution is 2.34. The number of unbranched alkanes of at least 4 members (excludes halogenated alkanes) is 6. The van der Waals surface area contributed by atoms with Crippen LogP contribution in [0.5, 0.6) is 5.75 Å². The van der Waals surface area contributed by atoms with Gasteiger partial charge in [-0.3, -0.25) is 0 Å². The molecule has 2 aromatic rings. The summed E-state index contributed by atoms with van der Waals surface area (Å²) in [5.41, 5.74) is 2.55. The van der Waals surface area contributed by atoms with Crippen LogP contribution in [0.2, 0.25) is 0 Å². The number of benzene rings is 2. The number of ether oxygens (including phenoxy) is 3. The summed E-state index contributed by atoms with van der Waals surface area (Å²) >= 11 is 0. The molecule has 3 rings (SSSR count). The van der Waals surface area contributed by atoms with E-state index in [-0.39, 0.29) is 17.2 Å². The Bertz CT molecular complexity index is 830. The molecule has 1 aliphatic heterocycles. The van der Waals surface area contributed by atoms with Gasteiger partial charge in [0, 0.05) is 11.5 Å². The summed E-state index contributed by atoms with van der Waals surface area (Å²) in [4.78, 5) is 0. The molecule has 1 fully saturated rings. The van der Waals surface area contributed by atoms with Gasteiger partial charge in [-0.25, -0.2) is 4.39 Å². The zero-order valence-electron chi connectivity index (χ0n) is 20.1. The lowest BCUT2D eigenvalue weighted by molar-refractivity contribution is -0.193. The maximum Gasteiger partial charge on any atom is 0.201 e. The third kappa shape index (κ3) is 7.51. The van der Waals surface area contributed by atoms with E-state index in [4.69, 9.17) is 14.2 Å². The number of aryl methyl sites for hydroxylation is 1. The van der Waals surface area contributed by atoms with Gasteiger partial charge in [0.2, 0.25) is 5.82 Å². The van der Waals surface area contributed by atoms with Crippen molar-refractivity contribution in [3.05, 3.63) is 64.7 Å². The molecular formula is C28H38F2O3. The Kier molecular flexibility index (Phi) is 10.6. The summed E-state index contributed by atoms with van der Waals surface area (Å²) in [6, 6.07) is 11.5. The van der Waals surface area contributed by atoms with Gasteiger partial charge in [-0.05, 0) is 42.5 Å². The first kappa shape index (κ1) is 25.6. The first-order valence-corrected chi connectivity index (χ1v) is 12.6. The average Bonchev–Trinajstić information content (AvgIpc) is 2.85. The van der Waals surface area contributed by atoms with Crippen LogP contribution < -0.4 is 4.74 Å². The normalized spacial score (nSPS) is 18.4. The van der Waals surface area contributed by atoms with Gasteiger partial charge in [0.25, 0.3) is 0 Å². The molecular weight excluding hydrogens is 422 g/mol. The van der Waals surface area contributed by atoms with Crippen molar-refractivity contribution < 1.29 is 23.0 Å². The minimum atomic E-state index is -0.978. The highest BCUT2D eigenvalue weighted by Gasteiger charge is 2.28. The molecule has 182 valence electrons. The van der Waals surface area contributed by atoms with Crippen molar-refractivity contribution in [2.75, 3.05) is 19.8 Å². The SMILES string of the molecule is CCCCCCCOc1ccc(C2OCC(c3ccc(CCCCC)cc3)CO2)c(F)c1F. The van der Waals surface area contributed by atoms with Crippen LogP contribution in [-0.4, -0.2) is 19.8 Å². The number of hydrogen-bond donors (Lipinski definition) is 0. The maximum absolute atomic E-state index is 14.7. The van der Waals surface area contributed by atoms with Crippen LogP contribution in [0.1, 0.15) is 94.1 Å². The molecule has 0 aromatic heterocycles. The first-order valence-electron chi connectivity index (χ1n) is 12.6. The molecule has 3 nitrogen and oxygen atoms in total. The van der Waals surface area contributed by atoms with Crippen LogP contribution in [0, 0.1) is 11.6 Å². The summed E-state index contributed by atoms with van der Waals surface area (Å²) in [6.45, 7) is 5.55. The monoisotopic (exact) mass is 460 g/mol. The van der Waals surface area contributed by atoms with Crippen LogP contribution in [0.4, 0.5) is 8.78 Å². The Balaban J connectivity index is 1.50. The minimum absolute atomic E-state index is 0.0561. The van der Waals surface area contributed by atoms with Crippen molar-refractivity contribution in [1.29, 1.82) is 0 Å². The third-order valence-corrected chi connectivity index (χ3v) is 6.25. The summed E-state index contributed by atoms with van der Waals surface area (Å²) in [6.07, 6.45) is 9.20. The maximum atomic E-state index is 14.7. The number of halogens is 2. The first-order chi connectivity index (χ1) is 16.1. The van der Waals surface area contributed by atoms with E-state index >= 15 is 0 Å². The highest BCUT2D eigenvalue weighted by atomic mass is 19.2. The van der Waals surface area contributed by atoms with E-state index in [0.717, 1.165) is 31.2 Å². The van der Waals surface area contributed by atoms with Crippen molar-refractivity contribution in [3.8, 4) is 5.75 Å². The summed E-state index contributed by atoms with van der Waals surface area (Å²) in [5, 5.41) is 0. The largest absolute Gasteiger partial charge is 0.490 e. The molecule has 0 N–H and O–H groups in total. The minimum Gasteiger partial charge on any atom is -0.490 e. The summed E-state index contributed by atoms with van der Waals surface area (Å²) in [5.74, 6) is -1.92. The number of hydrogen-bond acceptors (Lipinski definition) is 3. The Morgan fingerprint density at radius 3 is 2.15 bits per heavy atom. The van der Waals surface area contributed by atoms with Gasteiger partial charge in [0.15, 0.2) is 17.9 Å².